The van der Waals surface area contributed by atoms with Crippen LogP contribution in [-0.4, -0.2) is 7.05 Å². The lowest BCUT2D eigenvalue weighted by Crippen LogP contribution is -2.16. The van der Waals surface area contributed by atoms with E-state index in [9.17, 15) is 0 Å². The van der Waals surface area contributed by atoms with Crippen molar-refractivity contribution in [2.45, 2.75) is 19.3 Å². The van der Waals surface area contributed by atoms with E-state index in [-0.39, 0.29) is 5.41 Å². The number of fused-ring (bicyclic) bond motifs is 3. The third-order valence-corrected chi connectivity index (χ3v) is 7.52. The molecule has 0 unspecified atom stereocenters. The molecule has 35 heavy (non-hydrogen) atoms. The first kappa shape index (κ1) is 21.4. The maximum atomic E-state index is 2.38. The quantitative estimate of drug-likeness (QED) is 0.263. The van der Waals surface area contributed by atoms with Gasteiger partial charge in [0.25, 0.3) is 0 Å². The van der Waals surface area contributed by atoms with Gasteiger partial charge in [0.1, 0.15) is 0 Å². The Hall–Kier alpha value is -4.10. The van der Waals surface area contributed by atoms with E-state index >= 15 is 0 Å². The van der Waals surface area contributed by atoms with Crippen LogP contribution in [-0.2, 0) is 5.41 Å². The predicted molar refractivity (Wildman–Crippen MR) is 149 cm³/mol. The minimum absolute atomic E-state index is 0.0521. The van der Waals surface area contributed by atoms with Crippen LogP contribution < -0.4 is 4.90 Å². The molecule has 5 aromatic rings. The van der Waals surface area contributed by atoms with Crippen molar-refractivity contribution in [2.75, 3.05) is 11.9 Å². The van der Waals surface area contributed by atoms with E-state index in [1.807, 2.05) is 0 Å². The predicted octanol–water partition coefficient (Wildman–Crippen LogP) is 9.09. The molecule has 1 aliphatic rings. The van der Waals surface area contributed by atoms with E-state index in [0.29, 0.717) is 0 Å². The van der Waals surface area contributed by atoms with Gasteiger partial charge < -0.3 is 4.90 Å². The highest BCUT2D eigenvalue weighted by Gasteiger charge is 2.37. The molecule has 0 radical (unpaired) electrons. The molecule has 5 aromatic carbocycles. The number of hydrogen-bond donors (Lipinski definition) is 0. The van der Waals surface area contributed by atoms with Crippen molar-refractivity contribution < 1.29 is 0 Å². The van der Waals surface area contributed by atoms with Crippen LogP contribution in [0.2, 0.25) is 0 Å². The van der Waals surface area contributed by atoms with Crippen LogP contribution in [0.25, 0.3) is 33.4 Å². The highest BCUT2D eigenvalue weighted by molar-refractivity contribution is 5.93. The molecule has 0 heterocycles. The van der Waals surface area contributed by atoms with E-state index < -0.39 is 0 Å². The molecular formula is C34H29N. The smallest absolute Gasteiger partial charge is 0.0411 e. The molecule has 1 aliphatic carbocycles. The standard InChI is InChI=1S/C34H29N/c1-34(2)31-16-10-15-29(26-13-8-5-9-14-26)33(31)30-22-21-28(23-32(30)34)35(3)27-19-17-25(18-20-27)24-11-6-4-7-12-24/h4-23H,1-3H3. The SMILES string of the molecule is CN(c1ccc(-c2ccccc2)cc1)c1ccc2c(c1)C(C)(C)c1cccc(-c3ccccc3)c1-2. The topological polar surface area (TPSA) is 3.24 Å². The van der Waals surface area contributed by atoms with Crippen LogP contribution in [0.15, 0.2) is 121 Å². The molecule has 0 spiro atoms. The first-order chi connectivity index (χ1) is 17.0. The van der Waals surface area contributed by atoms with Gasteiger partial charge in [0, 0.05) is 23.8 Å². The lowest BCUT2D eigenvalue weighted by Gasteiger charge is -2.25. The third kappa shape index (κ3) is 3.56. The van der Waals surface area contributed by atoms with E-state index in [1.54, 1.807) is 0 Å². The molecule has 170 valence electrons. The summed E-state index contributed by atoms with van der Waals surface area (Å²) in [6, 6.07) is 43.9. The van der Waals surface area contributed by atoms with Crippen molar-refractivity contribution >= 4 is 11.4 Å². The van der Waals surface area contributed by atoms with Crippen LogP contribution in [0.1, 0.15) is 25.0 Å². The summed E-state index contributed by atoms with van der Waals surface area (Å²) in [5.74, 6) is 0. The van der Waals surface area contributed by atoms with Gasteiger partial charge in [-0.1, -0.05) is 111 Å². The molecule has 0 aliphatic heterocycles. The summed E-state index contributed by atoms with van der Waals surface area (Å²) in [6.45, 7) is 4.70. The second-order valence-corrected chi connectivity index (χ2v) is 9.92. The molecule has 0 N–H and O–H groups in total. The molecule has 0 aromatic heterocycles. The highest BCUT2D eigenvalue weighted by atomic mass is 15.1. The lowest BCUT2D eigenvalue weighted by molar-refractivity contribution is 0.660. The molecular weight excluding hydrogens is 422 g/mol. The van der Waals surface area contributed by atoms with Crippen molar-refractivity contribution in [3.05, 3.63) is 132 Å². The molecule has 0 amide bonds. The second-order valence-electron chi connectivity index (χ2n) is 9.92. The van der Waals surface area contributed by atoms with Gasteiger partial charge in [-0.3, -0.25) is 0 Å². The van der Waals surface area contributed by atoms with Gasteiger partial charge in [-0.05, 0) is 68.8 Å². The highest BCUT2D eigenvalue weighted by Crippen LogP contribution is 2.53. The molecule has 0 saturated heterocycles. The van der Waals surface area contributed by atoms with Crippen LogP contribution in [0.5, 0.6) is 0 Å². The Bertz CT molecular complexity index is 1500. The molecule has 0 saturated carbocycles. The summed E-state index contributed by atoms with van der Waals surface area (Å²) in [4.78, 5) is 2.28. The molecule has 0 bridgehead atoms. The number of nitrogens with zero attached hydrogens (tertiary/aromatic N) is 1. The summed E-state index contributed by atoms with van der Waals surface area (Å²) in [6.07, 6.45) is 0. The Kier molecular flexibility index (Phi) is 5.07. The Morgan fingerprint density at radius 3 is 1.77 bits per heavy atom. The fourth-order valence-corrected chi connectivity index (χ4v) is 5.50. The molecule has 0 atom stereocenters. The van der Waals surface area contributed by atoms with Gasteiger partial charge in [0.15, 0.2) is 0 Å². The summed E-state index contributed by atoms with van der Waals surface area (Å²) < 4.78 is 0. The maximum Gasteiger partial charge on any atom is 0.0411 e. The maximum absolute atomic E-state index is 2.38. The summed E-state index contributed by atoms with van der Waals surface area (Å²) in [7, 11) is 2.16. The Morgan fingerprint density at radius 1 is 0.486 bits per heavy atom. The fourth-order valence-electron chi connectivity index (χ4n) is 5.50. The summed E-state index contributed by atoms with van der Waals surface area (Å²) >= 11 is 0. The van der Waals surface area contributed by atoms with Crippen molar-refractivity contribution in [1.82, 2.24) is 0 Å². The van der Waals surface area contributed by atoms with Crippen molar-refractivity contribution in [1.29, 1.82) is 0 Å². The zero-order valence-electron chi connectivity index (χ0n) is 20.5. The monoisotopic (exact) mass is 451 g/mol. The van der Waals surface area contributed by atoms with Crippen LogP contribution >= 0.6 is 0 Å². The Morgan fingerprint density at radius 2 is 1.09 bits per heavy atom. The summed E-state index contributed by atoms with van der Waals surface area (Å²) in [5, 5.41) is 0. The van der Waals surface area contributed by atoms with Crippen LogP contribution in [0, 0.1) is 0 Å². The van der Waals surface area contributed by atoms with E-state index in [0.717, 1.165) is 0 Å². The number of anilines is 2. The van der Waals surface area contributed by atoms with Crippen molar-refractivity contribution in [3.63, 3.8) is 0 Å². The van der Waals surface area contributed by atoms with E-state index in [2.05, 4.69) is 147 Å². The Labute approximate surface area is 208 Å². The van der Waals surface area contributed by atoms with Gasteiger partial charge in [0.05, 0.1) is 0 Å². The molecule has 1 nitrogen and oxygen atoms in total. The van der Waals surface area contributed by atoms with Gasteiger partial charge in [-0.2, -0.15) is 0 Å². The minimum Gasteiger partial charge on any atom is -0.345 e. The van der Waals surface area contributed by atoms with E-state index in [4.69, 9.17) is 0 Å². The van der Waals surface area contributed by atoms with Crippen LogP contribution in [0.3, 0.4) is 0 Å². The lowest BCUT2D eigenvalue weighted by atomic mass is 9.82. The molecule has 0 fully saturated rings. The average Bonchev–Trinajstić information content (AvgIpc) is 3.15. The van der Waals surface area contributed by atoms with Crippen molar-refractivity contribution in [2.24, 2.45) is 0 Å². The van der Waals surface area contributed by atoms with E-state index in [1.165, 1.54) is 55.9 Å². The molecule has 1 heteroatoms. The zero-order chi connectivity index (χ0) is 24.0. The number of benzene rings is 5. The number of hydrogen-bond acceptors (Lipinski definition) is 1. The normalized spacial score (nSPS) is 13.2. The minimum atomic E-state index is -0.0521. The first-order valence-corrected chi connectivity index (χ1v) is 12.3. The summed E-state index contributed by atoms with van der Waals surface area (Å²) in [5.41, 5.74) is 12.9. The first-order valence-electron chi connectivity index (χ1n) is 12.3. The molecule has 6 rings (SSSR count). The van der Waals surface area contributed by atoms with Crippen LogP contribution in [0.4, 0.5) is 11.4 Å². The van der Waals surface area contributed by atoms with Gasteiger partial charge >= 0.3 is 0 Å². The van der Waals surface area contributed by atoms with Gasteiger partial charge in [0.2, 0.25) is 0 Å². The largest absolute Gasteiger partial charge is 0.345 e. The van der Waals surface area contributed by atoms with Gasteiger partial charge in [-0.25, -0.2) is 0 Å². The third-order valence-electron chi connectivity index (χ3n) is 7.52. The zero-order valence-corrected chi connectivity index (χ0v) is 20.5. The Balaban J connectivity index is 1.39. The van der Waals surface area contributed by atoms with Gasteiger partial charge in [-0.15, -0.1) is 0 Å². The van der Waals surface area contributed by atoms with Crippen molar-refractivity contribution in [3.8, 4) is 33.4 Å². The fraction of sp³-hybridized carbons (Fsp3) is 0.118. The number of rotatable bonds is 4. The second kappa shape index (κ2) is 8.29. The average molecular weight is 452 g/mol.